The number of ether oxygens (including phenoxy) is 1. The summed E-state index contributed by atoms with van der Waals surface area (Å²) in [6.07, 6.45) is 0.744. The zero-order chi connectivity index (χ0) is 17.7. The highest BCUT2D eigenvalue weighted by molar-refractivity contribution is 5.82. The molecular weight excluding hydrogens is 311 g/mol. The Bertz CT molecular complexity index is 598. The van der Waals surface area contributed by atoms with Crippen LogP contribution in [0.25, 0.3) is 0 Å². The zero-order valence-corrected chi connectivity index (χ0v) is 14.5. The van der Waals surface area contributed by atoms with Gasteiger partial charge in [-0.2, -0.15) is 0 Å². The average Bonchev–Trinajstić information content (AvgIpc) is 2.77. The molecule has 0 aromatic heterocycles. The highest BCUT2D eigenvalue weighted by atomic mass is 19.1. The molecule has 132 valence electrons. The van der Waals surface area contributed by atoms with E-state index in [2.05, 4.69) is 0 Å². The largest absolute Gasteiger partial charge is 0.484 e. The van der Waals surface area contributed by atoms with Crippen molar-refractivity contribution in [3.63, 3.8) is 0 Å². The molecule has 0 aliphatic carbocycles. The molecule has 1 aliphatic rings. The molecule has 0 unspecified atom stereocenters. The predicted octanol–water partition coefficient (Wildman–Crippen LogP) is 2.31. The van der Waals surface area contributed by atoms with E-state index in [-0.39, 0.29) is 18.4 Å². The number of carbonyl (C=O) groups excluding carboxylic acids is 2. The van der Waals surface area contributed by atoms with Gasteiger partial charge in [0.1, 0.15) is 11.6 Å². The number of halogens is 1. The van der Waals surface area contributed by atoms with Crippen LogP contribution in [0.1, 0.15) is 27.2 Å². The topological polar surface area (TPSA) is 49.9 Å². The average molecular weight is 336 g/mol. The fourth-order valence-electron chi connectivity index (χ4n) is 2.64. The van der Waals surface area contributed by atoms with Crippen LogP contribution in [-0.2, 0) is 9.59 Å². The number of rotatable bonds is 3. The Morgan fingerprint density at radius 3 is 2.46 bits per heavy atom. The van der Waals surface area contributed by atoms with Crippen LogP contribution in [0.3, 0.4) is 0 Å². The maximum atomic E-state index is 13.1. The molecule has 0 N–H and O–H groups in total. The van der Waals surface area contributed by atoms with Gasteiger partial charge in [0, 0.05) is 37.7 Å². The molecule has 1 saturated heterocycles. The van der Waals surface area contributed by atoms with E-state index >= 15 is 0 Å². The number of carbonyl (C=O) groups is 2. The Kier molecular flexibility index (Phi) is 5.80. The second kappa shape index (κ2) is 7.64. The molecule has 2 amide bonds. The molecular formula is C18H25FN2O3. The SMILES string of the molecule is CC(C)(C)C(=O)N1CCCN(C(=O)COc2cccc(F)c2)CC1. The van der Waals surface area contributed by atoms with Gasteiger partial charge in [0.15, 0.2) is 6.61 Å². The van der Waals surface area contributed by atoms with Crippen LogP contribution in [0.15, 0.2) is 24.3 Å². The molecule has 2 rings (SSSR count). The van der Waals surface area contributed by atoms with Crippen LogP contribution < -0.4 is 4.74 Å². The molecule has 0 saturated carbocycles. The predicted molar refractivity (Wildman–Crippen MR) is 89.1 cm³/mol. The minimum Gasteiger partial charge on any atom is -0.484 e. The third kappa shape index (κ3) is 4.94. The van der Waals surface area contributed by atoms with E-state index in [0.717, 1.165) is 6.42 Å². The standard InChI is InChI=1S/C18H25FN2O3/c1-18(2,3)17(23)21-9-5-8-20(10-11-21)16(22)13-24-15-7-4-6-14(19)12-15/h4,6-7,12H,5,8-11,13H2,1-3H3. The fourth-order valence-corrected chi connectivity index (χ4v) is 2.64. The van der Waals surface area contributed by atoms with Gasteiger partial charge in [-0.3, -0.25) is 9.59 Å². The molecule has 1 fully saturated rings. The summed E-state index contributed by atoms with van der Waals surface area (Å²) in [6, 6.07) is 5.73. The summed E-state index contributed by atoms with van der Waals surface area (Å²) < 4.78 is 18.5. The summed E-state index contributed by atoms with van der Waals surface area (Å²) in [7, 11) is 0. The zero-order valence-electron chi connectivity index (χ0n) is 14.5. The first-order chi connectivity index (χ1) is 11.3. The first-order valence-electron chi connectivity index (χ1n) is 8.23. The van der Waals surface area contributed by atoms with Gasteiger partial charge in [-0.15, -0.1) is 0 Å². The minimum atomic E-state index is -0.417. The molecule has 0 spiro atoms. The molecule has 1 aromatic carbocycles. The molecule has 24 heavy (non-hydrogen) atoms. The van der Waals surface area contributed by atoms with E-state index in [4.69, 9.17) is 4.74 Å². The first kappa shape index (κ1) is 18.2. The Morgan fingerprint density at radius 2 is 1.79 bits per heavy atom. The van der Waals surface area contributed by atoms with Crippen LogP contribution in [0, 0.1) is 11.2 Å². The Labute approximate surface area is 142 Å². The Hall–Kier alpha value is -2.11. The minimum absolute atomic E-state index is 0.104. The van der Waals surface area contributed by atoms with Gasteiger partial charge >= 0.3 is 0 Å². The van der Waals surface area contributed by atoms with E-state index < -0.39 is 11.2 Å². The van der Waals surface area contributed by atoms with Crippen molar-refractivity contribution in [2.24, 2.45) is 5.41 Å². The van der Waals surface area contributed by atoms with Gasteiger partial charge in [-0.05, 0) is 18.6 Å². The van der Waals surface area contributed by atoms with Gasteiger partial charge in [-0.1, -0.05) is 26.8 Å². The Morgan fingerprint density at radius 1 is 1.12 bits per heavy atom. The lowest BCUT2D eigenvalue weighted by atomic mass is 9.94. The number of amides is 2. The molecule has 5 nitrogen and oxygen atoms in total. The van der Waals surface area contributed by atoms with Gasteiger partial charge in [0.25, 0.3) is 5.91 Å². The summed E-state index contributed by atoms with van der Waals surface area (Å²) in [5.74, 6) is -0.106. The van der Waals surface area contributed by atoms with E-state index in [1.165, 1.54) is 18.2 Å². The van der Waals surface area contributed by atoms with E-state index in [1.807, 2.05) is 25.7 Å². The highest BCUT2D eigenvalue weighted by Gasteiger charge is 2.29. The van der Waals surface area contributed by atoms with E-state index in [0.29, 0.717) is 31.9 Å². The molecule has 0 atom stereocenters. The molecule has 6 heteroatoms. The van der Waals surface area contributed by atoms with Crippen molar-refractivity contribution in [2.75, 3.05) is 32.8 Å². The van der Waals surface area contributed by atoms with Crippen LogP contribution in [-0.4, -0.2) is 54.4 Å². The van der Waals surface area contributed by atoms with Gasteiger partial charge in [0.2, 0.25) is 5.91 Å². The quantitative estimate of drug-likeness (QED) is 0.851. The fraction of sp³-hybridized carbons (Fsp3) is 0.556. The summed E-state index contributed by atoms with van der Waals surface area (Å²) >= 11 is 0. The monoisotopic (exact) mass is 336 g/mol. The maximum absolute atomic E-state index is 13.1. The summed E-state index contributed by atoms with van der Waals surface area (Å²) in [5.41, 5.74) is -0.417. The number of nitrogens with zero attached hydrogens (tertiary/aromatic N) is 2. The highest BCUT2D eigenvalue weighted by Crippen LogP contribution is 2.19. The van der Waals surface area contributed by atoms with Gasteiger partial charge < -0.3 is 14.5 Å². The lowest BCUT2D eigenvalue weighted by molar-refractivity contribution is -0.140. The third-order valence-corrected chi connectivity index (χ3v) is 3.94. The van der Waals surface area contributed by atoms with Crippen molar-refractivity contribution in [2.45, 2.75) is 27.2 Å². The van der Waals surface area contributed by atoms with E-state index in [9.17, 15) is 14.0 Å². The molecule has 1 heterocycles. The third-order valence-electron chi connectivity index (χ3n) is 3.94. The molecule has 0 bridgehead atoms. The molecule has 1 aliphatic heterocycles. The number of benzene rings is 1. The van der Waals surface area contributed by atoms with Crippen LogP contribution in [0.2, 0.25) is 0 Å². The van der Waals surface area contributed by atoms with Gasteiger partial charge in [-0.25, -0.2) is 4.39 Å². The van der Waals surface area contributed by atoms with E-state index in [1.54, 1.807) is 11.0 Å². The molecule has 0 radical (unpaired) electrons. The maximum Gasteiger partial charge on any atom is 0.260 e. The smallest absolute Gasteiger partial charge is 0.260 e. The van der Waals surface area contributed by atoms with Crippen molar-refractivity contribution >= 4 is 11.8 Å². The van der Waals surface area contributed by atoms with Crippen molar-refractivity contribution < 1.29 is 18.7 Å². The summed E-state index contributed by atoms with van der Waals surface area (Å²) in [4.78, 5) is 28.2. The lowest BCUT2D eigenvalue weighted by Crippen LogP contribution is -2.42. The second-order valence-electron chi connectivity index (χ2n) is 7.02. The van der Waals surface area contributed by atoms with Crippen LogP contribution in [0.5, 0.6) is 5.75 Å². The summed E-state index contributed by atoms with van der Waals surface area (Å²) in [6.45, 7) is 7.84. The van der Waals surface area contributed by atoms with Crippen molar-refractivity contribution in [1.29, 1.82) is 0 Å². The van der Waals surface area contributed by atoms with Crippen LogP contribution in [0.4, 0.5) is 4.39 Å². The number of hydrogen-bond acceptors (Lipinski definition) is 3. The van der Waals surface area contributed by atoms with Crippen molar-refractivity contribution in [3.8, 4) is 5.75 Å². The summed E-state index contributed by atoms with van der Waals surface area (Å²) in [5, 5.41) is 0. The van der Waals surface area contributed by atoms with Crippen molar-refractivity contribution in [1.82, 2.24) is 9.80 Å². The first-order valence-corrected chi connectivity index (χ1v) is 8.23. The Balaban J connectivity index is 1.86. The van der Waals surface area contributed by atoms with Crippen LogP contribution >= 0.6 is 0 Å². The second-order valence-corrected chi connectivity index (χ2v) is 7.02. The van der Waals surface area contributed by atoms with Gasteiger partial charge in [0.05, 0.1) is 0 Å². The normalized spacial score (nSPS) is 15.8. The van der Waals surface area contributed by atoms with Crippen molar-refractivity contribution in [3.05, 3.63) is 30.1 Å². The lowest BCUT2D eigenvalue weighted by Gasteiger charge is -2.28. The molecule has 1 aromatic rings. The number of hydrogen-bond donors (Lipinski definition) is 0.